The predicted octanol–water partition coefficient (Wildman–Crippen LogP) is 2.77. The lowest BCUT2D eigenvalue weighted by Crippen LogP contribution is -2.31. The minimum atomic E-state index is -0.640. The number of ketones is 2. The van der Waals surface area contributed by atoms with E-state index >= 15 is 0 Å². The van der Waals surface area contributed by atoms with Crippen LogP contribution in [-0.4, -0.2) is 11.6 Å². The van der Waals surface area contributed by atoms with Crippen molar-refractivity contribution >= 4 is 11.6 Å². The fraction of sp³-hybridized carbons (Fsp3) is 0.571. The summed E-state index contributed by atoms with van der Waals surface area (Å²) in [4.78, 5) is 24.2. The zero-order chi connectivity index (χ0) is 12.8. The number of hydrogen-bond acceptors (Lipinski definition) is 3. The number of carbonyl (C=O) groups excluding carboxylic acids is 2. The number of fused-ring (bicyclic) bond motifs is 2. The Morgan fingerprint density at radius 3 is 1.59 bits per heavy atom. The van der Waals surface area contributed by atoms with E-state index in [2.05, 4.69) is 0 Å². The summed E-state index contributed by atoms with van der Waals surface area (Å²) in [6.07, 6.45) is 0.590. The van der Waals surface area contributed by atoms with Gasteiger partial charge in [0.25, 0.3) is 0 Å². The van der Waals surface area contributed by atoms with Crippen LogP contribution in [0.25, 0.3) is 0 Å². The average molecular weight is 234 g/mol. The fourth-order valence-corrected chi connectivity index (χ4v) is 2.14. The van der Waals surface area contributed by atoms with Crippen LogP contribution in [0.15, 0.2) is 16.5 Å². The van der Waals surface area contributed by atoms with E-state index in [0.717, 1.165) is 0 Å². The van der Waals surface area contributed by atoms with Gasteiger partial charge in [0.1, 0.15) is 23.1 Å². The second-order valence-electron chi connectivity index (χ2n) is 5.76. The Morgan fingerprint density at radius 1 is 0.882 bits per heavy atom. The van der Waals surface area contributed by atoms with Crippen molar-refractivity contribution in [3.05, 3.63) is 23.7 Å². The van der Waals surface area contributed by atoms with Crippen molar-refractivity contribution in [2.24, 2.45) is 0 Å². The summed E-state index contributed by atoms with van der Waals surface area (Å²) in [6, 6.07) is 3.63. The molecule has 0 unspecified atom stereocenters. The summed E-state index contributed by atoms with van der Waals surface area (Å²) in [6.45, 7) is 7.39. The summed E-state index contributed by atoms with van der Waals surface area (Å²) in [5, 5.41) is 0. The van der Waals surface area contributed by atoms with Gasteiger partial charge >= 0.3 is 0 Å². The molecule has 1 aromatic rings. The van der Waals surface area contributed by atoms with Gasteiger partial charge in [0.2, 0.25) is 0 Å². The Kier molecular flexibility index (Phi) is 2.53. The van der Waals surface area contributed by atoms with Gasteiger partial charge in [0, 0.05) is 12.8 Å². The van der Waals surface area contributed by atoms with E-state index in [0.29, 0.717) is 24.4 Å². The van der Waals surface area contributed by atoms with Gasteiger partial charge in [-0.3, -0.25) is 9.59 Å². The van der Waals surface area contributed by atoms with Crippen LogP contribution in [0, 0.1) is 0 Å². The van der Waals surface area contributed by atoms with Crippen molar-refractivity contribution in [2.45, 2.75) is 51.4 Å². The van der Waals surface area contributed by atoms with E-state index in [9.17, 15) is 9.59 Å². The lowest BCUT2D eigenvalue weighted by atomic mass is 9.79. The van der Waals surface area contributed by atoms with Gasteiger partial charge in [-0.2, -0.15) is 0 Å². The molecule has 2 bridgehead atoms. The molecule has 3 heteroatoms. The molecule has 92 valence electrons. The normalized spacial score (nSPS) is 22.8. The fourth-order valence-electron chi connectivity index (χ4n) is 2.14. The van der Waals surface area contributed by atoms with E-state index in [-0.39, 0.29) is 11.6 Å². The molecular formula is C14H18O3. The highest BCUT2D eigenvalue weighted by molar-refractivity contribution is 5.95. The molecule has 17 heavy (non-hydrogen) atoms. The van der Waals surface area contributed by atoms with Gasteiger partial charge in [-0.1, -0.05) is 0 Å². The van der Waals surface area contributed by atoms with Gasteiger partial charge in [0.15, 0.2) is 0 Å². The summed E-state index contributed by atoms with van der Waals surface area (Å²) >= 11 is 0. The van der Waals surface area contributed by atoms with E-state index in [1.165, 1.54) is 0 Å². The third kappa shape index (κ3) is 1.74. The van der Waals surface area contributed by atoms with Crippen LogP contribution in [0.5, 0.6) is 0 Å². The van der Waals surface area contributed by atoms with E-state index in [4.69, 9.17) is 4.42 Å². The molecule has 0 amide bonds. The maximum Gasteiger partial charge on any atom is 0.146 e. The molecule has 0 saturated heterocycles. The summed E-state index contributed by atoms with van der Waals surface area (Å²) < 4.78 is 5.73. The van der Waals surface area contributed by atoms with E-state index in [1.807, 2.05) is 39.8 Å². The number of carbonyl (C=O) groups is 2. The molecule has 2 rings (SSSR count). The number of hydrogen-bond donors (Lipinski definition) is 0. The van der Waals surface area contributed by atoms with Crippen molar-refractivity contribution in [1.29, 1.82) is 0 Å². The van der Waals surface area contributed by atoms with Crippen molar-refractivity contribution in [2.75, 3.05) is 0 Å². The van der Waals surface area contributed by atoms with Crippen LogP contribution in [0.3, 0.4) is 0 Å². The third-order valence-corrected chi connectivity index (χ3v) is 3.81. The maximum absolute atomic E-state index is 12.1. The zero-order valence-corrected chi connectivity index (χ0v) is 10.8. The monoisotopic (exact) mass is 234 g/mol. The maximum atomic E-state index is 12.1. The molecule has 0 spiro atoms. The summed E-state index contributed by atoms with van der Waals surface area (Å²) in [5.74, 6) is 1.43. The molecule has 0 radical (unpaired) electrons. The first kappa shape index (κ1) is 12.1. The standard InChI is InChI=1S/C14H18O3/c1-13(2)9(15)5-6-10(16)14(3,4)12-8-7-11(13)17-12/h7-8H,5-6H2,1-4H3. The lowest BCUT2D eigenvalue weighted by molar-refractivity contribution is -0.128. The number of Topliss-reactive ketones (excluding diaryl/α,β-unsaturated/α-hetero) is 2. The van der Waals surface area contributed by atoms with Crippen LogP contribution in [-0.2, 0) is 20.4 Å². The smallest absolute Gasteiger partial charge is 0.146 e. The highest BCUT2D eigenvalue weighted by atomic mass is 16.3. The Morgan fingerprint density at radius 2 is 1.24 bits per heavy atom. The topological polar surface area (TPSA) is 47.3 Å². The molecule has 0 N–H and O–H groups in total. The lowest BCUT2D eigenvalue weighted by Gasteiger charge is -2.19. The Balaban J connectivity index is 2.57. The van der Waals surface area contributed by atoms with Crippen LogP contribution in [0.4, 0.5) is 0 Å². The predicted molar refractivity (Wildman–Crippen MR) is 64.0 cm³/mol. The molecule has 0 aliphatic carbocycles. The van der Waals surface area contributed by atoms with Crippen LogP contribution in [0.2, 0.25) is 0 Å². The van der Waals surface area contributed by atoms with E-state index in [1.54, 1.807) is 0 Å². The molecule has 1 aliphatic heterocycles. The van der Waals surface area contributed by atoms with Crippen molar-refractivity contribution in [3.8, 4) is 0 Å². The molecule has 2 heterocycles. The number of furan rings is 1. The van der Waals surface area contributed by atoms with Crippen LogP contribution < -0.4 is 0 Å². The van der Waals surface area contributed by atoms with E-state index < -0.39 is 10.8 Å². The first-order chi connectivity index (χ1) is 7.76. The quantitative estimate of drug-likeness (QED) is 0.693. The average Bonchev–Trinajstić information content (AvgIpc) is 2.74. The Labute approximate surface area is 101 Å². The molecule has 1 aromatic heterocycles. The molecule has 0 aromatic carbocycles. The van der Waals surface area contributed by atoms with Crippen molar-refractivity contribution in [3.63, 3.8) is 0 Å². The third-order valence-electron chi connectivity index (χ3n) is 3.81. The van der Waals surface area contributed by atoms with Crippen molar-refractivity contribution in [1.82, 2.24) is 0 Å². The minimum Gasteiger partial charge on any atom is -0.464 e. The SMILES string of the molecule is CC1(C)C(=O)CCC(=O)C(C)(C)c2ccc1o2. The molecule has 3 nitrogen and oxygen atoms in total. The molecule has 0 atom stereocenters. The molecular weight excluding hydrogens is 216 g/mol. The van der Waals surface area contributed by atoms with Crippen molar-refractivity contribution < 1.29 is 14.0 Å². The Hall–Kier alpha value is -1.38. The second kappa shape index (κ2) is 3.56. The second-order valence-corrected chi connectivity index (χ2v) is 5.76. The first-order valence-corrected chi connectivity index (χ1v) is 5.93. The van der Waals surface area contributed by atoms with Crippen LogP contribution in [0.1, 0.15) is 52.1 Å². The highest BCUT2D eigenvalue weighted by Crippen LogP contribution is 2.35. The summed E-state index contributed by atoms with van der Waals surface area (Å²) in [7, 11) is 0. The minimum absolute atomic E-state index is 0.0597. The van der Waals surface area contributed by atoms with Gasteiger partial charge in [-0.05, 0) is 39.8 Å². The largest absolute Gasteiger partial charge is 0.464 e. The molecule has 0 fully saturated rings. The van der Waals surface area contributed by atoms with Gasteiger partial charge in [-0.15, -0.1) is 0 Å². The van der Waals surface area contributed by atoms with Gasteiger partial charge in [-0.25, -0.2) is 0 Å². The van der Waals surface area contributed by atoms with Crippen LogP contribution >= 0.6 is 0 Å². The highest BCUT2D eigenvalue weighted by Gasteiger charge is 2.40. The number of rotatable bonds is 0. The van der Waals surface area contributed by atoms with Gasteiger partial charge < -0.3 is 4.42 Å². The molecule has 0 saturated carbocycles. The zero-order valence-electron chi connectivity index (χ0n) is 10.8. The molecule has 1 aliphatic rings. The summed E-state index contributed by atoms with van der Waals surface area (Å²) in [5.41, 5.74) is -1.28. The Bertz CT molecular complexity index is 435. The first-order valence-electron chi connectivity index (χ1n) is 5.93. The van der Waals surface area contributed by atoms with Gasteiger partial charge in [0.05, 0.1) is 10.8 Å².